The lowest BCUT2D eigenvalue weighted by Crippen LogP contribution is -1.91. The summed E-state index contributed by atoms with van der Waals surface area (Å²) in [6.07, 6.45) is 1.03. The minimum atomic E-state index is 0.380. The molecule has 0 atom stereocenters. The van der Waals surface area contributed by atoms with Gasteiger partial charge in [0.15, 0.2) is 4.98 Å². The fraction of sp³-hybridized carbons (Fsp3) is 0.217. The molecule has 6 nitrogen and oxygen atoms in total. The van der Waals surface area contributed by atoms with Crippen LogP contribution in [0.4, 0.5) is 28.4 Å². The Bertz CT molecular complexity index is 1030. The van der Waals surface area contributed by atoms with E-state index in [0.717, 1.165) is 29.0 Å². The summed E-state index contributed by atoms with van der Waals surface area (Å²) >= 11 is 0. The molecular weight excluding hydrogens is 362 g/mol. The van der Waals surface area contributed by atoms with Gasteiger partial charge in [-0.3, -0.25) is 0 Å². The Hall–Kier alpha value is -3.72. The number of nitrogens with one attached hydrogen (secondary N) is 1. The SMILES string of the molecule is CCOc1cc(N=Nc2ccc(Nc3ccc(CC)cc3)cc2)c(C)cc1[N+]#N. The number of hydrogen-bond acceptors (Lipinski definition) is 5. The van der Waals surface area contributed by atoms with Crippen molar-refractivity contribution in [1.29, 1.82) is 5.39 Å². The summed E-state index contributed by atoms with van der Waals surface area (Å²) in [7, 11) is 0. The quantitative estimate of drug-likeness (QED) is 0.335. The topological polar surface area (TPSA) is 74.1 Å². The summed E-state index contributed by atoms with van der Waals surface area (Å²) in [6.45, 7) is 6.37. The number of benzene rings is 3. The lowest BCUT2D eigenvalue weighted by atomic mass is 10.1. The van der Waals surface area contributed by atoms with Crippen molar-refractivity contribution >= 4 is 28.4 Å². The molecule has 29 heavy (non-hydrogen) atoms. The van der Waals surface area contributed by atoms with E-state index in [1.54, 1.807) is 12.1 Å². The third-order valence-electron chi connectivity index (χ3n) is 4.48. The first kappa shape index (κ1) is 20.0. The summed E-state index contributed by atoms with van der Waals surface area (Å²) in [5.74, 6) is 0.475. The Kier molecular flexibility index (Phi) is 6.54. The molecule has 0 aromatic heterocycles. The molecule has 0 unspecified atom stereocenters. The predicted octanol–water partition coefficient (Wildman–Crippen LogP) is 7.60. The zero-order valence-corrected chi connectivity index (χ0v) is 16.9. The van der Waals surface area contributed by atoms with Crippen LogP contribution in [0.2, 0.25) is 0 Å². The summed E-state index contributed by atoms with van der Waals surface area (Å²) in [6, 6.07) is 19.6. The van der Waals surface area contributed by atoms with E-state index in [4.69, 9.17) is 10.1 Å². The highest BCUT2D eigenvalue weighted by molar-refractivity contribution is 5.66. The number of anilines is 2. The van der Waals surface area contributed by atoms with E-state index in [2.05, 4.69) is 51.7 Å². The molecule has 0 spiro atoms. The lowest BCUT2D eigenvalue weighted by molar-refractivity contribution is 0.342. The van der Waals surface area contributed by atoms with Crippen LogP contribution in [-0.4, -0.2) is 6.61 Å². The molecule has 3 rings (SSSR count). The van der Waals surface area contributed by atoms with Crippen molar-refractivity contribution in [3.05, 3.63) is 76.8 Å². The van der Waals surface area contributed by atoms with Crippen LogP contribution in [0.5, 0.6) is 5.75 Å². The highest BCUT2D eigenvalue weighted by atomic mass is 16.5. The van der Waals surface area contributed by atoms with Crippen LogP contribution in [-0.2, 0) is 6.42 Å². The van der Waals surface area contributed by atoms with Gasteiger partial charge in [-0.2, -0.15) is 10.2 Å². The van der Waals surface area contributed by atoms with Crippen LogP contribution >= 0.6 is 0 Å². The fourth-order valence-corrected chi connectivity index (χ4v) is 2.83. The van der Waals surface area contributed by atoms with Crippen LogP contribution < -0.4 is 10.1 Å². The average molecular weight is 386 g/mol. The first-order valence-corrected chi connectivity index (χ1v) is 9.63. The normalized spacial score (nSPS) is 10.7. The molecule has 3 aromatic rings. The minimum Gasteiger partial charge on any atom is -0.486 e. The first-order valence-electron chi connectivity index (χ1n) is 9.63. The molecule has 0 amide bonds. The van der Waals surface area contributed by atoms with E-state index >= 15 is 0 Å². The molecular formula is C23H24N5O+. The first-order chi connectivity index (χ1) is 14.1. The molecule has 0 saturated heterocycles. The number of hydrogen-bond donors (Lipinski definition) is 1. The maximum Gasteiger partial charge on any atom is 0.426 e. The van der Waals surface area contributed by atoms with E-state index in [0.29, 0.717) is 23.7 Å². The maximum atomic E-state index is 9.11. The van der Waals surface area contributed by atoms with Gasteiger partial charge in [0.1, 0.15) is 0 Å². The van der Waals surface area contributed by atoms with Crippen molar-refractivity contribution in [2.45, 2.75) is 27.2 Å². The van der Waals surface area contributed by atoms with E-state index in [9.17, 15) is 0 Å². The second kappa shape index (κ2) is 9.47. The number of nitrogens with zero attached hydrogens (tertiary/aromatic N) is 4. The molecule has 0 heterocycles. The predicted molar refractivity (Wildman–Crippen MR) is 117 cm³/mol. The third kappa shape index (κ3) is 5.17. The zero-order valence-electron chi connectivity index (χ0n) is 16.9. The van der Waals surface area contributed by atoms with Gasteiger partial charge in [-0.25, -0.2) is 0 Å². The second-order valence-electron chi connectivity index (χ2n) is 6.56. The van der Waals surface area contributed by atoms with Crippen LogP contribution in [0.25, 0.3) is 4.98 Å². The number of rotatable bonds is 7. The Morgan fingerprint density at radius 1 is 0.931 bits per heavy atom. The van der Waals surface area contributed by atoms with Gasteiger partial charge < -0.3 is 10.1 Å². The molecule has 6 heteroatoms. The number of diazo groups is 1. The molecule has 0 fully saturated rings. The third-order valence-corrected chi connectivity index (χ3v) is 4.48. The summed E-state index contributed by atoms with van der Waals surface area (Å²) < 4.78 is 5.50. The van der Waals surface area contributed by atoms with Crippen LogP contribution in [0, 0.1) is 12.3 Å². The summed E-state index contributed by atoms with van der Waals surface area (Å²) in [4.78, 5) is 3.26. The Balaban J connectivity index is 1.73. The average Bonchev–Trinajstić information content (AvgIpc) is 2.75. The van der Waals surface area contributed by atoms with Gasteiger partial charge in [-0.1, -0.05) is 19.1 Å². The van der Waals surface area contributed by atoms with Crippen molar-refractivity contribution < 1.29 is 4.74 Å². The molecule has 0 radical (unpaired) electrons. The van der Waals surface area contributed by atoms with Gasteiger partial charge in [0.2, 0.25) is 11.1 Å². The van der Waals surface area contributed by atoms with E-state index in [1.807, 2.05) is 38.1 Å². The van der Waals surface area contributed by atoms with Gasteiger partial charge in [0.25, 0.3) is 0 Å². The van der Waals surface area contributed by atoms with Crippen molar-refractivity contribution in [1.82, 2.24) is 0 Å². The molecule has 146 valence electrons. The van der Waals surface area contributed by atoms with Crippen LogP contribution in [0.1, 0.15) is 25.0 Å². The van der Waals surface area contributed by atoms with Crippen molar-refractivity contribution in [2.24, 2.45) is 10.2 Å². The van der Waals surface area contributed by atoms with Crippen molar-refractivity contribution in [3.8, 4) is 5.75 Å². The van der Waals surface area contributed by atoms with E-state index in [1.165, 1.54) is 5.56 Å². The molecule has 0 saturated carbocycles. The molecule has 3 aromatic carbocycles. The summed E-state index contributed by atoms with van der Waals surface area (Å²) in [5, 5.41) is 21.1. The van der Waals surface area contributed by atoms with Gasteiger partial charge >= 0.3 is 5.69 Å². The molecule has 0 aliphatic heterocycles. The largest absolute Gasteiger partial charge is 0.486 e. The standard InChI is InChI=1S/C23H24N5O/c1-4-17-6-8-18(9-7-17)25-19-10-12-20(13-11-19)27-28-21-15-23(29-5-2)22(26-24)14-16(21)3/h6-15,25H,4-5H2,1-3H3/q+1. The highest BCUT2D eigenvalue weighted by Crippen LogP contribution is 2.35. The van der Waals surface area contributed by atoms with Gasteiger partial charge in [0.05, 0.1) is 18.0 Å². The fourth-order valence-electron chi connectivity index (χ4n) is 2.83. The summed E-state index contributed by atoms with van der Waals surface area (Å²) in [5.41, 5.74) is 5.98. The molecule has 0 bridgehead atoms. The maximum absolute atomic E-state index is 9.11. The van der Waals surface area contributed by atoms with Gasteiger partial charge in [0, 0.05) is 23.5 Å². The molecule has 0 aliphatic carbocycles. The van der Waals surface area contributed by atoms with Crippen LogP contribution in [0.15, 0.2) is 70.9 Å². The Labute approximate surface area is 170 Å². The highest BCUT2D eigenvalue weighted by Gasteiger charge is 2.18. The number of ether oxygens (including phenoxy) is 1. The Morgan fingerprint density at radius 2 is 1.59 bits per heavy atom. The van der Waals surface area contributed by atoms with E-state index < -0.39 is 0 Å². The number of aryl methyl sites for hydroxylation is 2. The van der Waals surface area contributed by atoms with E-state index in [-0.39, 0.29) is 0 Å². The zero-order chi connectivity index (χ0) is 20.6. The monoisotopic (exact) mass is 386 g/mol. The van der Waals surface area contributed by atoms with Gasteiger partial charge in [-0.05, 0) is 67.8 Å². The number of azo groups is 1. The van der Waals surface area contributed by atoms with Crippen LogP contribution in [0.3, 0.4) is 0 Å². The van der Waals surface area contributed by atoms with Crippen molar-refractivity contribution in [2.75, 3.05) is 11.9 Å². The van der Waals surface area contributed by atoms with Gasteiger partial charge in [-0.15, -0.1) is 0 Å². The minimum absolute atomic E-state index is 0.380. The Morgan fingerprint density at radius 3 is 2.17 bits per heavy atom. The smallest absolute Gasteiger partial charge is 0.426 e. The molecule has 0 aliphatic rings. The van der Waals surface area contributed by atoms with Crippen molar-refractivity contribution in [3.63, 3.8) is 0 Å². The molecule has 1 N–H and O–H groups in total. The second-order valence-corrected chi connectivity index (χ2v) is 6.56. The lowest BCUT2D eigenvalue weighted by Gasteiger charge is -2.07.